The third-order valence-corrected chi connectivity index (χ3v) is 5.68. The van der Waals surface area contributed by atoms with Crippen LogP contribution in [0, 0.1) is 0 Å². The first-order valence-electron chi connectivity index (χ1n) is 7.30. The van der Waals surface area contributed by atoms with Crippen LogP contribution in [0.1, 0.15) is 15.9 Å². The van der Waals surface area contributed by atoms with Crippen molar-refractivity contribution in [3.63, 3.8) is 0 Å². The van der Waals surface area contributed by atoms with E-state index in [1.807, 2.05) is 66.9 Å². The number of para-hydroxylation sites is 1. The Morgan fingerprint density at radius 2 is 1.74 bits per heavy atom. The van der Waals surface area contributed by atoms with Crippen LogP contribution in [0.3, 0.4) is 0 Å². The maximum absolute atomic E-state index is 12.5. The summed E-state index contributed by atoms with van der Waals surface area (Å²) in [5, 5.41) is 3.88. The van der Waals surface area contributed by atoms with Crippen molar-refractivity contribution >= 4 is 31.0 Å². The van der Waals surface area contributed by atoms with Crippen LogP contribution in [-0.2, 0) is 5.32 Å². The van der Waals surface area contributed by atoms with Crippen molar-refractivity contribution in [2.24, 2.45) is 0 Å². The molecule has 0 unspecified atom stereocenters. The molecule has 1 amide bonds. The van der Waals surface area contributed by atoms with Crippen LogP contribution < -0.4 is 9.78 Å². The van der Waals surface area contributed by atoms with E-state index < -0.39 is 0 Å². The summed E-state index contributed by atoms with van der Waals surface area (Å²) in [5.41, 5.74) is 2.76. The van der Waals surface area contributed by atoms with E-state index in [0.717, 1.165) is 21.0 Å². The van der Waals surface area contributed by atoms with E-state index in [0.29, 0.717) is 0 Å². The van der Waals surface area contributed by atoms with Crippen molar-refractivity contribution in [1.29, 1.82) is 0 Å². The molecule has 3 nitrogen and oxygen atoms in total. The number of aromatic nitrogens is 1. The Morgan fingerprint density at radius 3 is 2.52 bits per heavy atom. The van der Waals surface area contributed by atoms with Crippen LogP contribution in [0.5, 0.6) is 0 Å². The summed E-state index contributed by atoms with van der Waals surface area (Å²) < 4.78 is 1.11. The summed E-state index contributed by atoms with van der Waals surface area (Å²) in [6.45, 7) is 0. The molecule has 23 heavy (non-hydrogen) atoms. The number of amides is 1. The Bertz CT molecular complexity index is 776. The van der Waals surface area contributed by atoms with Gasteiger partial charge >= 0.3 is 142 Å². The second-order valence-corrected chi connectivity index (χ2v) is 7.10. The van der Waals surface area contributed by atoms with Gasteiger partial charge in [0.2, 0.25) is 0 Å². The predicted molar refractivity (Wildman–Crippen MR) is 94.2 cm³/mol. The van der Waals surface area contributed by atoms with Crippen LogP contribution in [0.4, 0.5) is 5.69 Å². The van der Waals surface area contributed by atoms with Gasteiger partial charge in [-0.1, -0.05) is 0 Å². The monoisotopic (exact) mass is 368 g/mol. The third kappa shape index (κ3) is 4.28. The van der Waals surface area contributed by atoms with Crippen LogP contribution in [0.25, 0.3) is 0 Å². The molecule has 0 atom stereocenters. The molecule has 0 radical (unpaired) electrons. The number of carbonyl (C=O) groups is 1. The molecule has 3 aromatic rings. The van der Waals surface area contributed by atoms with Crippen LogP contribution in [-0.4, -0.2) is 25.8 Å². The second kappa shape index (κ2) is 7.72. The standard InChI is InChI=1S/C19H16N2OSe/c22-19(21-16-8-2-1-3-9-16)17-10-4-5-11-18(17)23-14-15-7-6-12-20-13-15/h1-13H,14H2,(H,21,22). The maximum atomic E-state index is 12.5. The summed E-state index contributed by atoms with van der Waals surface area (Å²) in [6.07, 6.45) is 3.66. The topological polar surface area (TPSA) is 42.0 Å². The van der Waals surface area contributed by atoms with Gasteiger partial charge in [-0.2, -0.15) is 0 Å². The molecule has 0 saturated carbocycles. The van der Waals surface area contributed by atoms with Crippen LogP contribution in [0.15, 0.2) is 79.1 Å². The molecule has 1 aromatic heterocycles. The summed E-state index contributed by atoms with van der Waals surface area (Å²) in [5.74, 6) is -0.0557. The third-order valence-electron chi connectivity index (χ3n) is 3.28. The minimum absolute atomic E-state index is 0.0557. The molecule has 2 aromatic carbocycles. The van der Waals surface area contributed by atoms with E-state index >= 15 is 0 Å². The van der Waals surface area contributed by atoms with E-state index in [1.54, 1.807) is 6.20 Å². The second-order valence-electron chi connectivity index (χ2n) is 4.97. The average Bonchev–Trinajstić information content (AvgIpc) is 2.62. The zero-order valence-corrected chi connectivity index (χ0v) is 14.2. The van der Waals surface area contributed by atoms with Crippen LogP contribution in [0.2, 0.25) is 0 Å². The number of rotatable bonds is 5. The van der Waals surface area contributed by atoms with Gasteiger partial charge in [0.15, 0.2) is 0 Å². The fourth-order valence-corrected chi connectivity index (χ4v) is 4.21. The number of hydrogen-bond donors (Lipinski definition) is 1. The molecule has 4 heteroatoms. The van der Waals surface area contributed by atoms with Crippen LogP contribution >= 0.6 is 0 Å². The summed E-state index contributed by atoms with van der Waals surface area (Å²) in [4.78, 5) is 16.7. The zero-order chi connectivity index (χ0) is 15.9. The number of pyridine rings is 1. The molecule has 0 aliphatic heterocycles. The van der Waals surface area contributed by atoms with Gasteiger partial charge in [-0.25, -0.2) is 0 Å². The Labute approximate surface area is 141 Å². The van der Waals surface area contributed by atoms with Gasteiger partial charge < -0.3 is 0 Å². The fraction of sp³-hybridized carbons (Fsp3) is 0.0526. The zero-order valence-electron chi connectivity index (χ0n) is 12.5. The Balaban J connectivity index is 1.73. The number of benzene rings is 2. The van der Waals surface area contributed by atoms with E-state index in [1.165, 1.54) is 5.56 Å². The quantitative estimate of drug-likeness (QED) is 0.705. The van der Waals surface area contributed by atoms with Crippen molar-refractivity contribution in [3.05, 3.63) is 90.3 Å². The number of anilines is 1. The number of hydrogen-bond acceptors (Lipinski definition) is 2. The molecule has 0 spiro atoms. The first-order chi connectivity index (χ1) is 11.3. The van der Waals surface area contributed by atoms with E-state index in [4.69, 9.17) is 0 Å². The fourth-order valence-electron chi connectivity index (χ4n) is 2.14. The molecule has 1 N–H and O–H groups in total. The van der Waals surface area contributed by atoms with Gasteiger partial charge in [0, 0.05) is 0 Å². The molecule has 0 aliphatic rings. The summed E-state index contributed by atoms with van der Waals surface area (Å²) >= 11 is 0.188. The first-order valence-corrected chi connectivity index (χ1v) is 9.37. The van der Waals surface area contributed by atoms with Gasteiger partial charge in [-0.15, -0.1) is 0 Å². The van der Waals surface area contributed by atoms with E-state index in [2.05, 4.69) is 16.4 Å². The van der Waals surface area contributed by atoms with Gasteiger partial charge in [-0.3, -0.25) is 0 Å². The predicted octanol–water partition coefficient (Wildman–Crippen LogP) is 2.86. The van der Waals surface area contributed by atoms with Gasteiger partial charge in [0.1, 0.15) is 0 Å². The summed E-state index contributed by atoms with van der Waals surface area (Å²) in [6, 6.07) is 21.4. The summed E-state index contributed by atoms with van der Waals surface area (Å²) in [7, 11) is 0. The first kappa shape index (κ1) is 15.5. The SMILES string of the molecule is O=C(Nc1ccccc1)c1ccccc1[Se]Cc1cccnc1. The minimum atomic E-state index is -0.0557. The van der Waals surface area contributed by atoms with Crippen molar-refractivity contribution in [2.45, 2.75) is 5.32 Å². The Hall–Kier alpha value is -2.42. The molecule has 0 aliphatic carbocycles. The van der Waals surface area contributed by atoms with Gasteiger partial charge in [0.05, 0.1) is 0 Å². The molecule has 3 rings (SSSR count). The van der Waals surface area contributed by atoms with Crippen molar-refractivity contribution in [3.8, 4) is 0 Å². The van der Waals surface area contributed by atoms with Crippen molar-refractivity contribution in [1.82, 2.24) is 4.98 Å². The molecule has 0 fully saturated rings. The molecular weight excluding hydrogens is 351 g/mol. The number of nitrogens with zero attached hydrogens (tertiary/aromatic N) is 1. The van der Waals surface area contributed by atoms with Crippen molar-refractivity contribution < 1.29 is 4.79 Å². The van der Waals surface area contributed by atoms with Gasteiger partial charge in [-0.05, 0) is 0 Å². The molecule has 1 heterocycles. The normalized spacial score (nSPS) is 10.3. The number of nitrogens with one attached hydrogen (secondary N) is 1. The Morgan fingerprint density at radius 1 is 0.957 bits per heavy atom. The van der Waals surface area contributed by atoms with E-state index in [9.17, 15) is 4.79 Å². The number of carbonyl (C=O) groups excluding carboxylic acids is 1. The Kier molecular flexibility index (Phi) is 5.20. The molecular formula is C19H16N2OSe. The molecule has 114 valence electrons. The molecule has 0 bridgehead atoms. The molecule has 0 saturated heterocycles. The van der Waals surface area contributed by atoms with Gasteiger partial charge in [0.25, 0.3) is 0 Å². The van der Waals surface area contributed by atoms with Crippen molar-refractivity contribution in [2.75, 3.05) is 5.32 Å². The van der Waals surface area contributed by atoms with E-state index in [-0.39, 0.29) is 20.9 Å². The average molecular weight is 367 g/mol.